The molecule has 146 valence electrons. The average Bonchev–Trinajstić information content (AvgIpc) is 2.58. The predicted octanol–water partition coefficient (Wildman–Crippen LogP) is 4.32. The smallest absolute Gasteiger partial charge is 0.305 e. The van der Waals surface area contributed by atoms with Crippen LogP contribution in [0, 0.1) is 11.6 Å². The topological polar surface area (TPSA) is 81.6 Å². The number of carboxylic acid groups (broad SMARTS) is 1. The molecule has 2 unspecified atom stereocenters. The summed E-state index contributed by atoms with van der Waals surface area (Å²) >= 11 is -1.66. The fourth-order valence-corrected chi connectivity index (χ4v) is 3.03. The van der Waals surface area contributed by atoms with Gasteiger partial charge in [0.05, 0.1) is 12.5 Å². The maximum Gasteiger partial charge on any atom is 0.305 e. The second-order valence-corrected chi connectivity index (χ2v) is 8.84. The maximum atomic E-state index is 15.0. The molecule has 2 aromatic carbocycles. The van der Waals surface area contributed by atoms with E-state index in [1.165, 1.54) is 12.1 Å². The van der Waals surface area contributed by atoms with Crippen molar-refractivity contribution in [1.82, 2.24) is 4.72 Å². The largest absolute Gasteiger partial charge is 0.598 e. The van der Waals surface area contributed by atoms with Gasteiger partial charge >= 0.3 is 5.97 Å². The summed E-state index contributed by atoms with van der Waals surface area (Å²) in [6.45, 7) is 5.08. The second-order valence-electron chi connectivity index (χ2n) is 6.84. The van der Waals surface area contributed by atoms with Gasteiger partial charge in [-0.3, -0.25) is 4.79 Å². The first kappa shape index (κ1) is 21.1. The van der Waals surface area contributed by atoms with E-state index in [1.807, 2.05) is 0 Å². The van der Waals surface area contributed by atoms with E-state index in [9.17, 15) is 18.1 Å². The van der Waals surface area contributed by atoms with Gasteiger partial charge in [0, 0.05) is 16.9 Å². The average molecular weight is 397 g/mol. The van der Waals surface area contributed by atoms with Crippen molar-refractivity contribution in [3.63, 3.8) is 0 Å². The molecule has 2 N–H and O–H groups in total. The highest BCUT2D eigenvalue weighted by atomic mass is 32.2. The van der Waals surface area contributed by atoms with Gasteiger partial charge in [-0.25, -0.2) is 8.78 Å². The zero-order chi connectivity index (χ0) is 20.2. The van der Waals surface area contributed by atoms with Crippen LogP contribution in [0.1, 0.15) is 38.8 Å². The van der Waals surface area contributed by atoms with Gasteiger partial charge in [0.1, 0.15) is 10.5 Å². The number of ether oxygens (including phenoxy) is 1. The van der Waals surface area contributed by atoms with Gasteiger partial charge in [0.2, 0.25) is 0 Å². The number of rotatable bonds is 7. The van der Waals surface area contributed by atoms with Crippen LogP contribution < -0.4 is 9.46 Å². The van der Waals surface area contributed by atoms with Crippen molar-refractivity contribution in [2.75, 3.05) is 0 Å². The Morgan fingerprint density at radius 1 is 1.22 bits per heavy atom. The third-order valence-corrected chi connectivity index (χ3v) is 5.21. The summed E-state index contributed by atoms with van der Waals surface area (Å²) in [6, 6.07) is 9.09. The number of hydrogen-bond acceptors (Lipinski definition) is 4. The SMILES string of the molecule is CC(C)(C)[S+]([O-])NC(CC(=O)O)c1ccc(F)c(Oc2ccccc2)c1F. The first-order chi connectivity index (χ1) is 12.6. The van der Waals surface area contributed by atoms with Gasteiger partial charge < -0.3 is 14.4 Å². The second kappa shape index (κ2) is 8.69. The lowest BCUT2D eigenvalue weighted by molar-refractivity contribution is -0.137. The van der Waals surface area contributed by atoms with Crippen molar-refractivity contribution >= 4 is 17.3 Å². The standard InChI is InChI=1S/C19H21F2NO4S/c1-19(2,3)27(25)22-15(11-16(23)24)13-9-10-14(20)18(17(13)21)26-12-7-5-4-6-8-12/h4-10,15,22H,11H2,1-3H3,(H,23,24). The molecule has 0 aliphatic rings. The van der Waals surface area contributed by atoms with Crippen LogP contribution in [-0.4, -0.2) is 20.4 Å². The number of para-hydroxylation sites is 1. The number of hydrogen-bond donors (Lipinski definition) is 2. The van der Waals surface area contributed by atoms with Crippen molar-refractivity contribution in [2.45, 2.75) is 38.0 Å². The van der Waals surface area contributed by atoms with Crippen LogP contribution in [0.15, 0.2) is 42.5 Å². The molecule has 0 heterocycles. The van der Waals surface area contributed by atoms with Crippen LogP contribution in [0.3, 0.4) is 0 Å². The number of halogens is 2. The number of carbonyl (C=O) groups is 1. The van der Waals surface area contributed by atoms with E-state index in [-0.39, 0.29) is 11.3 Å². The minimum absolute atomic E-state index is 0.137. The summed E-state index contributed by atoms with van der Waals surface area (Å²) in [6.07, 6.45) is -0.533. The molecule has 0 aliphatic carbocycles. The summed E-state index contributed by atoms with van der Waals surface area (Å²) in [5.74, 6) is -3.59. The fourth-order valence-electron chi connectivity index (χ4n) is 2.21. The summed E-state index contributed by atoms with van der Waals surface area (Å²) in [5, 5.41) is 9.14. The summed E-state index contributed by atoms with van der Waals surface area (Å²) in [7, 11) is 0. The van der Waals surface area contributed by atoms with Gasteiger partial charge in [0.25, 0.3) is 0 Å². The molecule has 5 nitrogen and oxygen atoms in total. The third kappa shape index (κ3) is 5.66. The normalized spacial score (nSPS) is 13.9. The summed E-state index contributed by atoms with van der Waals surface area (Å²) in [5.41, 5.74) is -0.137. The zero-order valence-electron chi connectivity index (χ0n) is 15.2. The van der Waals surface area contributed by atoms with E-state index < -0.39 is 51.9 Å². The van der Waals surface area contributed by atoms with Gasteiger partial charge in [0.15, 0.2) is 17.4 Å². The molecule has 2 aromatic rings. The van der Waals surface area contributed by atoms with Crippen molar-refractivity contribution in [1.29, 1.82) is 0 Å². The molecule has 0 saturated carbocycles. The maximum absolute atomic E-state index is 15.0. The summed E-state index contributed by atoms with van der Waals surface area (Å²) < 4.78 is 48.7. The summed E-state index contributed by atoms with van der Waals surface area (Å²) in [4.78, 5) is 11.2. The van der Waals surface area contributed by atoms with E-state index in [0.29, 0.717) is 0 Å². The van der Waals surface area contributed by atoms with Crippen LogP contribution in [-0.2, 0) is 16.2 Å². The molecular formula is C19H21F2NO4S. The van der Waals surface area contributed by atoms with Crippen molar-refractivity contribution < 1.29 is 28.0 Å². The minimum Gasteiger partial charge on any atom is -0.598 e. The van der Waals surface area contributed by atoms with Crippen molar-refractivity contribution in [3.05, 3.63) is 59.7 Å². The Bertz CT molecular complexity index is 796. The zero-order valence-corrected chi connectivity index (χ0v) is 16.0. The lowest BCUT2D eigenvalue weighted by Gasteiger charge is -2.28. The quantitative estimate of drug-likeness (QED) is 0.680. The van der Waals surface area contributed by atoms with Gasteiger partial charge in [-0.15, -0.1) is 4.72 Å². The number of nitrogens with one attached hydrogen (secondary N) is 1. The van der Waals surface area contributed by atoms with Crippen LogP contribution in [0.2, 0.25) is 0 Å². The van der Waals surface area contributed by atoms with E-state index in [2.05, 4.69) is 4.72 Å². The highest BCUT2D eigenvalue weighted by Crippen LogP contribution is 2.33. The molecule has 0 fully saturated rings. The molecule has 2 atom stereocenters. The third-order valence-electron chi connectivity index (χ3n) is 3.60. The van der Waals surface area contributed by atoms with Gasteiger partial charge in [-0.05, 0) is 39.0 Å². The lowest BCUT2D eigenvalue weighted by Crippen LogP contribution is -2.42. The molecule has 8 heteroatoms. The molecule has 0 saturated heterocycles. The Balaban J connectivity index is 2.40. The van der Waals surface area contributed by atoms with Gasteiger partial charge in [-0.2, -0.15) is 0 Å². The molecule has 0 spiro atoms. The molecule has 0 aromatic heterocycles. The van der Waals surface area contributed by atoms with E-state index >= 15 is 0 Å². The van der Waals surface area contributed by atoms with Gasteiger partial charge in [-0.1, -0.05) is 24.3 Å². The van der Waals surface area contributed by atoms with Crippen LogP contribution in [0.4, 0.5) is 8.78 Å². The van der Waals surface area contributed by atoms with E-state index in [0.717, 1.165) is 12.1 Å². The highest BCUT2D eigenvalue weighted by Gasteiger charge is 2.33. The Labute approximate surface area is 159 Å². The lowest BCUT2D eigenvalue weighted by atomic mass is 10.0. The molecule has 0 aliphatic heterocycles. The Morgan fingerprint density at radius 3 is 2.41 bits per heavy atom. The van der Waals surface area contributed by atoms with Crippen molar-refractivity contribution in [2.24, 2.45) is 0 Å². The fraction of sp³-hybridized carbons (Fsp3) is 0.316. The van der Waals surface area contributed by atoms with Crippen molar-refractivity contribution in [3.8, 4) is 11.5 Å². The Morgan fingerprint density at radius 2 is 1.85 bits per heavy atom. The minimum atomic E-state index is -1.66. The number of carboxylic acids is 1. The molecule has 0 radical (unpaired) electrons. The first-order valence-electron chi connectivity index (χ1n) is 8.20. The first-order valence-corrected chi connectivity index (χ1v) is 9.35. The Hall–Kier alpha value is -2.16. The molecule has 0 amide bonds. The van der Waals surface area contributed by atoms with E-state index in [4.69, 9.17) is 9.84 Å². The van der Waals surface area contributed by atoms with Crippen LogP contribution in [0.5, 0.6) is 11.5 Å². The Kier molecular flexibility index (Phi) is 6.80. The highest BCUT2D eigenvalue weighted by molar-refractivity contribution is 7.90. The molecular weight excluding hydrogens is 376 g/mol. The number of benzene rings is 2. The predicted molar refractivity (Wildman–Crippen MR) is 98.9 cm³/mol. The van der Waals surface area contributed by atoms with E-state index in [1.54, 1.807) is 39.0 Å². The van der Waals surface area contributed by atoms with Crippen LogP contribution >= 0.6 is 0 Å². The molecule has 2 rings (SSSR count). The molecule has 27 heavy (non-hydrogen) atoms. The van der Waals surface area contributed by atoms with Crippen LogP contribution in [0.25, 0.3) is 0 Å². The molecule has 0 bridgehead atoms. The monoisotopic (exact) mass is 397 g/mol. The number of aliphatic carboxylic acids is 1.